The van der Waals surface area contributed by atoms with Gasteiger partial charge in [0.2, 0.25) is 10.9 Å². The fraction of sp³-hybridized carbons (Fsp3) is 0.222. The van der Waals surface area contributed by atoms with Crippen LogP contribution >= 0.6 is 34.4 Å². The number of aryl methyl sites for hydroxylation is 2. The van der Waals surface area contributed by atoms with Crippen molar-refractivity contribution in [2.75, 3.05) is 19.1 Å². The molecule has 1 N–H and O–H groups in total. The fourth-order valence-electron chi connectivity index (χ4n) is 4.33. The number of Topliss-reactive ketones (excluding diaryl/α,β-unsaturated/α-hetero) is 1. The first-order valence-corrected chi connectivity index (χ1v) is 14.5. The van der Waals surface area contributed by atoms with Gasteiger partial charge in [-0.1, -0.05) is 35.2 Å². The molecule has 4 aromatic rings. The van der Waals surface area contributed by atoms with Crippen LogP contribution in [0.1, 0.15) is 37.5 Å². The van der Waals surface area contributed by atoms with Crippen LogP contribution in [-0.4, -0.2) is 46.2 Å². The lowest BCUT2D eigenvalue weighted by molar-refractivity contribution is -0.117. The molecule has 1 unspecified atom stereocenters. The molecule has 1 aliphatic heterocycles. The monoisotopic (exact) mass is 598 g/mol. The molecule has 1 aliphatic rings. The summed E-state index contributed by atoms with van der Waals surface area (Å²) in [6.45, 7) is 3.49. The number of amides is 1. The second kappa shape index (κ2) is 11.4. The van der Waals surface area contributed by atoms with Gasteiger partial charge >= 0.3 is 0 Å². The minimum atomic E-state index is -1.07. The summed E-state index contributed by atoms with van der Waals surface area (Å²) in [5.74, 6) is -0.936. The van der Waals surface area contributed by atoms with Gasteiger partial charge in [-0.2, -0.15) is 0 Å². The quantitative estimate of drug-likeness (QED) is 0.144. The second-order valence-electron chi connectivity index (χ2n) is 8.69. The molecule has 5 rings (SSSR count). The topological polar surface area (TPSA) is 115 Å². The molecular weight excluding hydrogens is 576 g/mol. The number of halogens is 1. The van der Waals surface area contributed by atoms with Gasteiger partial charge in [-0.05, 0) is 49.7 Å². The van der Waals surface area contributed by atoms with Crippen LogP contribution in [0.15, 0.2) is 58.1 Å². The first-order valence-electron chi connectivity index (χ1n) is 11.9. The third-order valence-corrected chi connectivity index (χ3v) is 9.37. The van der Waals surface area contributed by atoms with Crippen molar-refractivity contribution >= 4 is 51.3 Å². The molecule has 0 fully saturated rings. The molecular formula is C27H23FN4O5S3. The Bertz CT molecular complexity index is 1630. The first-order chi connectivity index (χ1) is 19.2. The number of aliphatic hydroxyl groups is 1. The van der Waals surface area contributed by atoms with Gasteiger partial charge in [0, 0.05) is 11.3 Å². The van der Waals surface area contributed by atoms with E-state index in [0.717, 1.165) is 16.9 Å². The zero-order chi connectivity index (χ0) is 28.6. The van der Waals surface area contributed by atoms with Crippen LogP contribution in [-0.2, 0) is 10.5 Å². The Kier molecular flexibility index (Phi) is 7.88. The van der Waals surface area contributed by atoms with E-state index in [1.54, 1.807) is 44.2 Å². The van der Waals surface area contributed by atoms with Crippen LogP contribution in [0.25, 0.3) is 0 Å². The lowest BCUT2D eigenvalue weighted by Crippen LogP contribution is -2.31. The Labute approximate surface area is 241 Å². The zero-order valence-electron chi connectivity index (χ0n) is 21.8. The maximum atomic E-state index is 13.9. The number of aliphatic hydroxyl groups excluding tert-OH is 1. The third kappa shape index (κ3) is 5.19. The minimum absolute atomic E-state index is 0.112. The first kappa shape index (κ1) is 27.7. The highest BCUT2D eigenvalue weighted by molar-refractivity contribution is 8.00. The minimum Gasteiger partial charge on any atom is -0.503 e. The number of carbonyl (C=O) groups excluding carboxylic acids is 2. The van der Waals surface area contributed by atoms with Crippen molar-refractivity contribution in [3.8, 4) is 11.5 Å². The summed E-state index contributed by atoms with van der Waals surface area (Å²) in [7, 11) is 2.98. The average molecular weight is 599 g/mol. The van der Waals surface area contributed by atoms with E-state index in [0.29, 0.717) is 42.7 Å². The molecule has 1 amide bonds. The van der Waals surface area contributed by atoms with E-state index in [4.69, 9.17) is 9.47 Å². The molecule has 0 saturated heterocycles. The number of hydrogen-bond donors (Lipinski definition) is 1. The predicted octanol–water partition coefficient (Wildman–Crippen LogP) is 5.84. The van der Waals surface area contributed by atoms with Gasteiger partial charge < -0.3 is 14.6 Å². The van der Waals surface area contributed by atoms with Crippen molar-refractivity contribution in [2.24, 2.45) is 0 Å². The number of nitrogens with zero attached hydrogens (tertiary/aromatic N) is 4. The Morgan fingerprint density at radius 2 is 1.85 bits per heavy atom. The Balaban J connectivity index is 1.57. The van der Waals surface area contributed by atoms with Crippen molar-refractivity contribution < 1.29 is 28.6 Å². The summed E-state index contributed by atoms with van der Waals surface area (Å²) in [5, 5.41) is 20.4. The van der Waals surface area contributed by atoms with Crippen molar-refractivity contribution in [3.63, 3.8) is 0 Å². The van der Waals surface area contributed by atoms with Gasteiger partial charge in [-0.25, -0.2) is 9.37 Å². The number of thiazole rings is 1. The van der Waals surface area contributed by atoms with Crippen LogP contribution in [0.4, 0.5) is 9.52 Å². The number of methoxy groups -OCH3 is 2. The van der Waals surface area contributed by atoms with Crippen LogP contribution in [0.5, 0.6) is 11.5 Å². The molecule has 0 aliphatic carbocycles. The Hall–Kier alpha value is -3.81. The number of ether oxygens (including phenoxy) is 2. The number of benzene rings is 2. The predicted molar refractivity (Wildman–Crippen MR) is 151 cm³/mol. The SMILES string of the molecule is COc1ccc(OC)c(C2C(C(=O)c3sc(C)nc3C)=C(O)C(=O)N2c2nnc(SCc3ccc(F)cc3)s2)c1. The highest BCUT2D eigenvalue weighted by Gasteiger charge is 2.48. The number of thioether (sulfide) groups is 1. The van der Waals surface area contributed by atoms with E-state index in [1.807, 2.05) is 0 Å². The van der Waals surface area contributed by atoms with Crippen LogP contribution < -0.4 is 14.4 Å². The van der Waals surface area contributed by atoms with Gasteiger partial charge in [0.25, 0.3) is 5.91 Å². The molecule has 13 heteroatoms. The van der Waals surface area contributed by atoms with Gasteiger partial charge in [-0.3, -0.25) is 14.5 Å². The molecule has 2 aromatic carbocycles. The smallest absolute Gasteiger partial charge is 0.296 e. The number of hydrogen-bond acceptors (Lipinski definition) is 11. The molecule has 3 heterocycles. The van der Waals surface area contributed by atoms with Crippen molar-refractivity contribution in [3.05, 3.63) is 86.3 Å². The van der Waals surface area contributed by atoms with Gasteiger partial charge in [0.15, 0.2) is 10.1 Å². The largest absolute Gasteiger partial charge is 0.503 e. The van der Waals surface area contributed by atoms with Gasteiger partial charge in [0.05, 0.1) is 35.4 Å². The van der Waals surface area contributed by atoms with Gasteiger partial charge in [-0.15, -0.1) is 21.5 Å². The van der Waals surface area contributed by atoms with E-state index in [2.05, 4.69) is 15.2 Å². The molecule has 2 aromatic heterocycles. The lowest BCUT2D eigenvalue weighted by atomic mass is 9.94. The van der Waals surface area contributed by atoms with Crippen molar-refractivity contribution in [1.29, 1.82) is 0 Å². The molecule has 40 heavy (non-hydrogen) atoms. The number of aromatic nitrogens is 3. The van der Waals surface area contributed by atoms with Crippen LogP contribution in [0.2, 0.25) is 0 Å². The molecule has 206 valence electrons. The lowest BCUT2D eigenvalue weighted by Gasteiger charge is -2.25. The number of rotatable bonds is 9. The molecule has 9 nitrogen and oxygen atoms in total. The standard InChI is InChI=1S/C27H23FN4O5S3/c1-13-24(39-14(2)29-13)22(33)20-21(18-11-17(36-3)9-10-19(18)37-4)32(25(35)23(20)34)26-30-31-27(40-26)38-12-15-5-7-16(28)8-6-15/h5-11,21,34H,12H2,1-4H3. The van der Waals surface area contributed by atoms with E-state index in [-0.39, 0.29) is 16.5 Å². The average Bonchev–Trinajstić information content (AvgIpc) is 3.63. The Morgan fingerprint density at radius 1 is 1.10 bits per heavy atom. The summed E-state index contributed by atoms with van der Waals surface area (Å²) in [6, 6.07) is 10.1. The molecule has 0 bridgehead atoms. The second-order valence-corrected chi connectivity index (χ2v) is 12.1. The van der Waals surface area contributed by atoms with Crippen molar-refractivity contribution in [1.82, 2.24) is 15.2 Å². The zero-order valence-corrected chi connectivity index (χ0v) is 24.2. The van der Waals surface area contributed by atoms with Crippen LogP contribution in [0, 0.1) is 19.7 Å². The summed E-state index contributed by atoms with van der Waals surface area (Å²) in [6.07, 6.45) is 0. The molecule has 0 spiro atoms. The van der Waals surface area contributed by atoms with E-state index >= 15 is 0 Å². The number of anilines is 1. The summed E-state index contributed by atoms with van der Waals surface area (Å²) in [5.41, 5.74) is 1.71. The Morgan fingerprint density at radius 3 is 2.50 bits per heavy atom. The highest BCUT2D eigenvalue weighted by Crippen LogP contribution is 2.47. The van der Waals surface area contributed by atoms with E-state index in [1.165, 1.54) is 54.4 Å². The van der Waals surface area contributed by atoms with Crippen molar-refractivity contribution in [2.45, 2.75) is 30.0 Å². The highest BCUT2D eigenvalue weighted by atomic mass is 32.2. The molecule has 1 atom stereocenters. The third-order valence-electron chi connectivity index (χ3n) is 6.17. The molecule has 0 saturated carbocycles. The number of ketones is 1. The van der Waals surface area contributed by atoms with E-state index < -0.39 is 23.5 Å². The number of carbonyl (C=O) groups is 2. The van der Waals surface area contributed by atoms with Crippen LogP contribution in [0.3, 0.4) is 0 Å². The molecule has 0 radical (unpaired) electrons. The summed E-state index contributed by atoms with van der Waals surface area (Å²) in [4.78, 5) is 33.4. The maximum Gasteiger partial charge on any atom is 0.296 e. The summed E-state index contributed by atoms with van der Waals surface area (Å²) < 4.78 is 24.8. The normalized spacial score (nSPS) is 15.2. The maximum absolute atomic E-state index is 13.9. The fourth-order valence-corrected chi connectivity index (χ4v) is 7.03. The van der Waals surface area contributed by atoms with Gasteiger partial charge in [0.1, 0.15) is 23.4 Å². The van der Waals surface area contributed by atoms with E-state index in [9.17, 15) is 19.1 Å². The summed E-state index contributed by atoms with van der Waals surface area (Å²) >= 11 is 3.70.